The van der Waals surface area contributed by atoms with Gasteiger partial charge in [-0.3, -0.25) is 9.69 Å². The average Bonchev–Trinajstić information content (AvgIpc) is 3.21. The first-order valence-electron chi connectivity index (χ1n) is 9.49. The van der Waals surface area contributed by atoms with Crippen molar-refractivity contribution in [3.05, 3.63) is 53.2 Å². The summed E-state index contributed by atoms with van der Waals surface area (Å²) in [5.41, 5.74) is 0.468. The Bertz CT molecular complexity index is 876. The van der Waals surface area contributed by atoms with Crippen LogP contribution in [0.4, 0.5) is 9.18 Å². The van der Waals surface area contributed by atoms with E-state index in [1.54, 1.807) is 25.1 Å². The molecule has 0 unspecified atom stereocenters. The number of hydrogen-bond donors (Lipinski definition) is 2. The van der Waals surface area contributed by atoms with E-state index >= 15 is 0 Å². The lowest BCUT2D eigenvalue weighted by molar-refractivity contribution is -0.134. The van der Waals surface area contributed by atoms with Gasteiger partial charge in [0.1, 0.15) is 11.4 Å². The molecule has 2 aliphatic heterocycles. The Kier molecular flexibility index (Phi) is 4.89. The Hall–Kier alpha value is -2.74. The van der Waals surface area contributed by atoms with Gasteiger partial charge in [0.25, 0.3) is 5.91 Å². The number of amides is 3. The van der Waals surface area contributed by atoms with Gasteiger partial charge in [-0.25, -0.2) is 9.18 Å². The minimum atomic E-state index is -1.04. The van der Waals surface area contributed by atoms with Crippen molar-refractivity contribution in [1.82, 2.24) is 20.7 Å². The van der Waals surface area contributed by atoms with Gasteiger partial charge in [-0.1, -0.05) is 17.3 Å². The van der Waals surface area contributed by atoms with E-state index in [1.165, 1.54) is 17.0 Å². The zero-order valence-corrected chi connectivity index (χ0v) is 15.7. The summed E-state index contributed by atoms with van der Waals surface area (Å²) >= 11 is 0. The summed E-state index contributed by atoms with van der Waals surface area (Å²) in [5.74, 6) is -0.132. The van der Waals surface area contributed by atoms with Crippen LogP contribution in [-0.2, 0) is 17.8 Å². The number of imide groups is 1. The van der Waals surface area contributed by atoms with Crippen LogP contribution >= 0.6 is 0 Å². The van der Waals surface area contributed by atoms with E-state index in [2.05, 4.69) is 15.8 Å². The van der Waals surface area contributed by atoms with Crippen LogP contribution in [0.1, 0.15) is 29.9 Å². The molecule has 0 radical (unpaired) electrons. The highest BCUT2D eigenvalue weighted by Gasteiger charge is 2.55. The van der Waals surface area contributed by atoms with Gasteiger partial charge in [0.05, 0.1) is 12.2 Å². The molecule has 28 heavy (non-hydrogen) atoms. The molecule has 4 rings (SSSR count). The number of aromatic nitrogens is 1. The highest BCUT2D eigenvalue weighted by atomic mass is 19.1. The predicted molar refractivity (Wildman–Crippen MR) is 98.8 cm³/mol. The molecule has 3 amide bonds. The molecule has 1 aromatic carbocycles. The van der Waals surface area contributed by atoms with E-state index in [4.69, 9.17) is 4.52 Å². The maximum absolute atomic E-state index is 13.5. The molecule has 1 aromatic heterocycles. The summed E-state index contributed by atoms with van der Waals surface area (Å²) in [6.07, 6.45) is 1.89. The average molecular weight is 386 g/mol. The molecule has 0 spiro atoms. The number of carbonyl (C=O) groups is 2. The Morgan fingerprint density at radius 3 is 2.61 bits per heavy atom. The third kappa shape index (κ3) is 3.40. The highest BCUT2D eigenvalue weighted by molar-refractivity contribution is 6.07. The van der Waals surface area contributed by atoms with Crippen molar-refractivity contribution in [3.63, 3.8) is 0 Å². The second-order valence-electron chi connectivity index (χ2n) is 7.55. The Labute approximate surface area is 162 Å². The number of halogens is 1. The van der Waals surface area contributed by atoms with Crippen LogP contribution in [0.2, 0.25) is 0 Å². The summed E-state index contributed by atoms with van der Waals surface area (Å²) < 4.78 is 18.5. The first-order valence-corrected chi connectivity index (χ1v) is 9.49. The molecule has 2 fully saturated rings. The maximum Gasteiger partial charge on any atom is 0.325 e. The van der Waals surface area contributed by atoms with Gasteiger partial charge in [-0.05, 0) is 56.5 Å². The second-order valence-corrected chi connectivity index (χ2v) is 7.55. The van der Waals surface area contributed by atoms with Crippen LogP contribution in [0, 0.1) is 18.7 Å². The molecular formula is C20H23FN4O3. The number of piperidine rings is 1. The number of carbonyl (C=O) groups excluding carboxylic acids is 2. The third-order valence-electron chi connectivity index (χ3n) is 5.62. The van der Waals surface area contributed by atoms with Crippen LogP contribution in [0.25, 0.3) is 0 Å². The monoisotopic (exact) mass is 386 g/mol. The van der Waals surface area contributed by atoms with E-state index < -0.39 is 11.6 Å². The lowest BCUT2D eigenvalue weighted by Crippen LogP contribution is -2.57. The number of aryl methyl sites for hydroxylation is 1. The molecule has 2 N–H and O–H groups in total. The molecule has 0 aliphatic carbocycles. The Balaban J connectivity index is 1.65. The summed E-state index contributed by atoms with van der Waals surface area (Å²) in [5, 5.41) is 10.1. The number of nitrogens with one attached hydrogen (secondary N) is 2. The van der Waals surface area contributed by atoms with Crippen molar-refractivity contribution in [1.29, 1.82) is 0 Å². The van der Waals surface area contributed by atoms with Gasteiger partial charge < -0.3 is 15.2 Å². The highest BCUT2D eigenvalue weighted by Crippen LogP contribution is 2.35. The predicted octanol–water partition coefficient (Wildman–Crippen LogP) is 2.16. The van der Waals surface area contributed by atoms with Crippen molar-refractivity contribution in [3.8, 4) is 0 Å². The van der Waals surface area contributed by atoms with Crippen molar-refractivity contribution < 1.29 is 18.5 Å². The SMILES string of the molecule is Cc1cc(CN2C(=O)N[C@@](Cc3ccc(F)cc3)(C3CCNCC3)C2=O)on1. The molecule has 8 heteroatoms. The van der Waals surface area contributed by atoms with E-state index in [1.807, 2.05) is 0 Å². The van der Waals surface area contributed by atoms with Gasteiger partial charge in [0.15, 0.2) is 5.76 Å². The third-order valence-corrected chi connectivity index (χ3v) is 5.62. The number of rotatable bonds is 5. The number of hydrogen-bond acceptors (Lipinski definition) is 5. The van der Waals surface area contributed by atoms with E-state index in [9.17, 15) is 14.0 Å². The smallest absolute Gasteiger partial charge is 0.325 e. The molecule has 7 nitrogen and oxygen atoms in total. The van der Waals surface area contributed by atoms with E-state index in [0.29, 0.717) is 17.9 Å². The Morgan fingerprint density at radius 2 is 1.96 bits per heavy atom. The van der Waals surface area contributed by atoms with Gasteiger partial charge in [-0.15, -0.1) is 0 Å². The van der Waals surface area contributed by atoms with Gasteiger partial charge in [0, 0.05) is 12.5 Å². The molecule has 1 atom stereocenters. The maximum atomic E-state index is 13.5. The van der Waals surface area contributed by atoms with Gasteiger partial charge >= 0.3 is 6.03 Å². The topological polar surface area (TPSA) is 87.5 Å². The van der Waals surface area contributed by atoms with Crippen molar-refractivity contribution in [2.45, 2.75) is 38.3 Å². The van der Waals surface area contributed by atoms with Crippen LogP contribution in [0.15, 0.2) is 34.9 Å². The zero-order chi connectivity index (χ0) is 19.7. The van der Waals surface area contributed by atoms with Crippen LogP contribution in [0.5, 0.6) is 0 Å². The quantitative estimate of drug-likeness (QED) is 0.769. The minimum absolute atomic E-state index is 0.00304. The minimum Gasteiger partial charge on any atom is -0.359 e. The van der Waals surface area contributed by atoms with Crippen LogP contribution in [0.3, 0.4) is 0 Å². The number of benzene rings is 1. The van der Waals surface area contributed by atoms with Crippen molar-refractivity contribution in [2.75, 3.05) is 13.1 Å². The summed E-state index contributed by atoms with van der Waals surface area (Å²) in [7, 11) is 0. The molecule has 0 saturated carbocycles. The van der Waals surface area contributed by atoms with Crippen molar-refractivity contribution >= 4 is 11.9 Å². The molecule has 0 bridgehead atoms. The summed E-state index contributed by atoms with van der Waals surface area (Å²) in [6.45, 7) is 3.41. The second kappa shape index (κ2) is 7.35. The first-order chi connectivity index (χ1) is 13.5. The van der Waals surface area contributed by atoms with Gasteiger partial charge in [0.2, 0.25) is 0 Å². The standard InChI is InChI=1S/C20H23FN4O3/c1-13-10-17(28-24-13)12-25-18(26)20(23-19(25)27,15-6-8-22-9-7-15)11-14-2-4-16(21)5-3-14/h2-5,10,15,22H,6-9,11-12H2,1H3,(H,23,27)/t20-/m0/s1. The Morgan fingerprint density at radius 1 is 1.25 bits per heavy atom. The molecule has 2 aliphatic rings. The number of urea groups is 1. The lowest BCUT2D eigenvalue weighted by atomic mass is 9.74. The normalized spacial score (nSPS) is 23.3. The van der Waals surface area contributed by atoms with Crippen molar-refractivity contribution in [2.24, 2.45) is 5.92 Å². The van der Waals surface area contributed by atoms with Crippen LogP contribution in [-0.4, -0.2) is 40.6 Å². The first kappa shape index (κ1) is 18.6. The van der Waals surface area contributed by atoms with Gasteiger partial charge in [-0.2, -0.15) is 0 Å². The summed E-state index contributed by atoms with van der Waals surface area (Å²) in [4.78, 5) is 27.5. The van der Waals surface area contributed by atoms with E-state index in [0.717, 1.165) is 31.5 Å². The zero-order valence-electron chi connectivity index (χ0n) is 15.7. The molecule has 2 aromatic rings. The fraction of sp³-hybridized carbons (Fsp3) is 0.450. The summed E-state index contributed by atoms with van der Waals surface area (Å²) in [6, 6.07) is 7.37. The molecular weight excluding hydrogens is 363 g/mol. The molecule has 148 valence electrons. The fourth-order valence-corrected chi connectivity index (χ4v) is 4.21. The van der Waals surface area contributed by atoms with Crippen LogP contribution < -0.4 is 10.6 Å². The largest absolute Gasteiger partial charge is 0.359 e. The molecule has 2 saturated heterocycles. The molecule has 3 heterocycles. The fourth-order valence-electron chi connectivity index (χ4n) is 4.21. The number of nitrogens with zero attached hydrogens (tertiary/aromatic N) is 2. The van der Waals surface area contributed by atoms with E-state index in [-0.39, 0.29) is 24.2 Å². The lowest BCUT2D eigenvalue weighted by Gasteiger charge is -2.38.